The summed E-state index contributed by atoms with van der Waals surface area (Å²) in [5.41, 5.74) is 3.51. The van der Waals surface area contributed by atoms with Gasteiger partial charge in [-0.3, -0.25) is 9.97 Å². The highest BCUT2D eigenvalue weighted by Gasteiger charge is 2.15. The normalized spacial score (nSPS) is 12.0. The largest absolute Gasteiger partial charge is 0.311 e. The van der Waals surface area contributed by atoms with E-state index in [1.807, 2.05) is 78.8 Å². The molecule has 2 unspecified atom stereocenters. The summed E-state index contributed by atoms with van der Waals surface area (Å²) in [7, 11) is 0. The Bertz CT molecular complexity index is 921. The highest BCUT2D eigenvalue weighted by molar-refractivity contribution is 5.14. The van der Waals surface area contributed by atoms with Gasteiger partial charge in [0.05, 0.1) is 6.20 Å². The number of hydrogen-bond acceptors (Lipinski definition) is 4. The third-order valence-corrected chi connectivity index (χ3v) is 5.39. The van der Waals surface area contributed by atoms with Crippen LogP contribution in [0.1, 0.15) is 132 Å². The van der Waals surface area contributed by atoms with Crippen LogP contribution in [0.15, 0.2) is 60.8 Å². The summed E-state index contributed by atoms with van der Waals surface area (Å²) in [6.07, 6.45) is 10.3. The lowest BCUT2D eigenvalue weighted by Crippen LogP contribution is -2.38. The number of rotatable bonds is 8. The van der Waals surface area contributed by atoms with Crippen molar-refractivity contribution in [2.75, 3.05) is 20.0 Å². The fraction of sp³-hybridized carbons (Fsp3) is 0.622. The van der Waals surface area contributed by atoms with Crippen molar-refractivity contribution in [3.05, 3.63) is 83.7 Å². The second-order valence-corrected chi connectivity index (χ2v) is 11.5. The molecule has 2 aromatic rings. The summed E-state index contributed by atoms with van der Waals surface area (Å²) < 4.78 is 32.0. The first-order valence-electron chi connectivity index (χ1n) is 16.0. The molecule has 7 heteroatoms. The Morgan fingerprint density at radius 1 is 0.795 bits per heavy atom. The zero-order valence-electron chi connectivity index (χ0n) is 30.8. The Morgan fingerprint density at radius 3 is 1.64 bits per heavy atom. The first-order valence-corrected chi connectivity index (χ1v) is 16.0. The van der Waals surface area contributed by atoms with Crippen LogP contribution in [0.4, 0.5) is 13.2 Å². The lowest BCUT2D eigenvalue weighted by molar-refractivity contribution is 0.295. The van der Waals surface area contributed by atoms with E-state index >= 15 is 0 Å². The van der Waals surface area contributed by atoms with E-state index in [9.17, 15) is 13.2 Å². The second kappa shape index (κ2) is 30.5. The number of aryl methyl sites for hydroxylation is 1. The van der Waals surface area contributed by atoms with Crippen molar-refractivity contribution in [3.8, 4) is 0 Å². The summed E-state index contributed by atoms with van der Waals surface area (Å²) in [6.45, 7) is 31.4. The molecule has 2 N–H and O–H groups in total. The molecule has 0 fully saturated rings. The number of nitrogens with one attached hydrogen (secondary N) is 2. The molecule has 4 nitrogen and oxygen atoms in total. The minimum Gasteiger partial charge on any atom is -0.311 e. The molecule has 0 aliphatic rings. The summed E-state index contributed by atoms with van der Waals surface area (Å²) in [6, 6.07) is 9.45. The first kappa shape index (κ1) is 48.4. The van der Waals surface area contributed by atoms with Crippen molar-refractivity contribution in [2.45, 2.75) is 133 Å². The molecular formula is C37H67F3N4. The Balaban J connectivity index is -0.000000263. The van der Waals surface area contributed by atoms with Crippen molar-refractivity contribution < 1.29 is 13.2 Å². The van der Waals surface area contributed by atoms with Crippen molar-refractivity contribution in [1.82, 2.24) is 20.6 Å². The lowest BCUT2D eigenvalue weighted by atomic mass is 9.99. The molecular weight excluding hydrogens is 557 g/mol. The molecule has 0 spiro atoms. The van der Waals surface area contributed by atoms with Gasteiger partial charge in [0, 0.05) is 53.1 Å². The van der Waals surface area contributed by atoms with E-state index in [1.54, 1.807) is 6.07 Å². The third kappa shape index (κ3) is 32.4. The minimum atomic E-state index is -1.75. The highest BCUT2D eigenvalue weighted by atomic mass is 19.3. The van der Waals surface area contributed by atoms with Gasteiger partial charge < -0.3 is 10.6 Å². The van der Waals surface area contributed by atoms with Crippen molar-refractivity contribution in [1.29, 1.82) is 0 Å². The van der Waals surface area contributed by atoms with E-state index in [0.717, 1.165) is 30.9 Å². The fourth-order valence-corrected chi connectivity index (χ4v) is 3.14. The number of hydrogen-bond donors (Lipinski definition) is 2. The van der Waals surface area contributed by atoms with Gasteiger partial charge in [0.1, 0.15) is 5.82 Å². The Labute approximate surface area is 270 Å². The maximum atomic E-state index is 12.8. The molecule has 0 saturated carbocycles. The van der Waals surface area contributed by atoms with Crippen LogP contribution in [0, 0.1) is 12.7 Å². The Morgan fingerprint density at radius 2 is 1.27 bits per heavy atom. The van der Waals surface area contributed by atoms with Crippen LogP contribution in [-0.2, 0) is 0 Å². The zero-order valence-corrected chi connectivity index (χ0v) is 30.8. The predicted octanol–water partition coefficient (Wildman–Crippen LogP) is 11.1. The van der Waals surface area contributed by atoms with Crippen LogP contribution in [0.5, 0.6) is 0 Å². The molecule has 256 valence electrons. The number of halogens is 3. The molecule has 2 atom stereocenters. The van der Waals surface area contributed by atoms with Gasteiger partial charge in [0.25, 0.3) is 0 Å². The number of nitrogens with zero attached hydrogens (tertiary/aromatic N) is 2. The van der Waals surface area contributed by atoms with Crippen LogP contribution in [0.25, 0.3) is 0 Å². The molecule has 2 heterocycles. The number of alkyl halides is 2. The van der Waals surface area contributed by atoms with Gasteiger partial charge in [-0.2, -0.15) is 0 Å². The topological polar surface area (TPSA) is 49.8 Å². The van der Waals surface area contributed by atoms with Gasteiger partial charge in [0.2, 0.25) is 6.93 Å². The van der Waals surface area contributed by atoms with E-state index < -0.39 is 6.93 Å². The predicted molar refractivity (Wildman–Crippen MR) is 190 cm³/mol. The van der Waals surface area contributed by atoms with E-state index in [0.29, 0.717) is 11.8 Å². The molecule has 0 bridgehead atoms. The van der Waals surface area contributed by atoms with E-state index in [2.05, 4.69) is 88.1 Å². The average Bonchev–Trinajstić information content (AvgIpc) is 2.98. The summed E-state index contributed by atoms with van der Waals surface area (Å²) in [4.78, 5) is 8.67. The average molecular weight is 625 g/mol. The third-order valence-electron chi connectivity index (χ3n) is 5.39. The second-order valence-electron chi connectivity index (χ2n) is 11.5. The summed E-state index contributed by atoms with van der Waals surface area (Å²) in [5.74, 6) is 0.534. The molecule has 0 aromatic carbocycles. The van der Waals surface area contributed by atoms with E-state index in [-0.39, 0.29) is 16.9 Å². The fourth-order valence-electron chi connectivity index (χ4n) is 3.14. The quantitative estimate of drug-likeness (QED) is 0.287. The van der Waals surface area contributed by atoms with Crippen LogP contribution >= 0.6 is 0 Å². The van der Waals surface area contributed by atoms with E-state index in [4.69, 9.17) is 0 Å². The monoisotopic (exact) mass is 625 g/mol. The van der Waals surface area contributed by atoms with Gasteiger partial charge in [-0.1, -0.05) is 71.9 Å². The molecule has 2 rings (SSSR count). The molecule has 44 heavy (non-hydrogen) atoms. The smallest absolute Gasteiger partial charge is 0.229 e. The molecule has 0 aliphatic carbocycles. The van der Waals surface area contributed by atoms with Crippen LogP contribution in [0.3, 0.4) is 0 Å². The van der Waals surface area contributed by atoms with Gasteiger partial charge in [-0.25, -0.2) is 13.2 Å². The summed E-state index contributed by atoms with van der Waals surface area (Å²) >= 11 is 0. The molecule has 2 aromatic heterocycles. The first-order chi connectivity index (χ1) is 20.6. The molecule has 0 amide bonds. The van der Waals surface area contributed by atoms with Crippen LogP contribution in [-0.4, -0.2) is 41.1 Å². The zero-order chi connectivity index (χ0) is 35.2. The molecule has 0 radical (unpaired) electrons. The molecule has 0 saturated heterocycles. The SMILES string of the molecule is C/C=C\C=C/C.CC.CC.CCC(CNC(C)(C)C)c1ccc(F)cn1.Cc1cccc(C(C)CNC(C)(C)C)n1.FCF. The van der Waals surface area contributed by atoms with Gasteiger partial charge in [0.15, 0.2) is 0 Å². The van der Waals surface area contributed by atoms with Crippen molar-refractivity contribution in [2.24, 2.45) is 0 Å². The van der Waals surface area contributed by atoms with Gasteiger partial charge >= 0.3 is 0 Å². The van der Waals surface area contributed by atoms with Crippen molar-refractivity contribution >= 4 is 0 Å². The minimum absolute atomic E-state index is 0.105. The lowest BCUT2D eigenvalue weighted by Gasteiger charge is -2.24. The van der Waals surface area contributed by atoms with Crippen LogP contribution in [0.2, 0.25) is 0 Å². The maximum Gasteiger partial charge on any atom is 0.229 e. The number of allylic oxidation sites excluding steroid dienone is 4. The summed E-state index contributed by atoms with van der Waals surface area (Å²) in [5, 5.41) is 6.95. The standard InChI is InChI=1S/C13H21FN2.C13H22N2.C6H10.2C2H6.CH2F2/c1-5-10(8-16-13(2,3)4)12-7-6-11(14)9-15-12;1-10(9-14-13(3,4)5)12-8-6-7-11(2)15-12;1-3-5-6-4-2;2*1-2;2-1-3/h6-7,9-10,16H,5,8H2,1-4H3;6-8,10,14H,9H2,1-5H3;3-6H,1-2H3;2*1-2H3;1H2/b;;5-3-,6-4-;;;. The Kier molecular flexibility index (Phi) is 33.6. The van der Waals surface area contributed by atoms with Crippen molar-refractivity contribution in [3.63, 3.8) is 0 Å². The van der Waals surface area contributed by atoms with Gasteiger partial charge in [-0.15, -0.1) is 0 Å². The number of pyridine rings is 2. The van der Waals surface area contributed by atoms with Crippen LogP contribution < -0.4 is 10.6 Å². The Hall–Kier alpha value is -2.51. The number of aromatic nitrogens is 2. The molecule has 0 aliphatic heterocycles. The maximum absolute atomic E-state index is 12.8. The highest BCUT2D eigenvalue weighted by Crippen LogP contribution is 2.17. The van der Waals surface area contributed by atoms with Gasteiger partial charge in [-0.05, 0) is 93.0 Å². The van der Waals surface area contributed by atoms with E-state index in [1.165, 1.54) is 18.0 Å².